The molecule has 2 N–H and O–H groups in total. The summed E-state index contributed by atoms with van der Waals surface area (Å²) < 4.78 is 43.0. The molecule has 15 heteroatoms. The van der Waals surface area contributed by atoms with Gasteiger partial charge in [0.15, 0.2) is 28.6 Å². The average molecular weight is 605 g/mol. The first-order valence-electron chi connectivity index (χ1n) is 13.2. The zero-order chi connectivity index (χ0) is 29.1. The molecule has 5 heterocycles. The fourth-order valence-electron chi connectivity index (χ4n) is 4.62. The second kappa shape index (κ2) is 12.4. The lowest BCUT2D eigenvalue weighted by Gasteiger charge is -2.36. The summed E-state index contributed by atoms with van der Waals surface area (Å²) in [7, 11) is 0. The van der Waals surface area contributed by atoms with Crippen molar-refractivity contribution in [1.29, 1.82) is 0 Å². The van der Waals surface area contributed by atoms with Crippen molar-refractivity contribution in [3.05, 3.63) is 51.8 Å². The second-order valence-electron chi connectivity index (χ2n) is 8.93. The number of fused-ring (bicyclic) bond motifs is 3. The van der Waals surface area contributed by atoms with Gasteiger partial charge in [-0.15, -0.1) is 5.10 Å². The van der Waals surface area contributed by atoms with Gasteiger partial charge < -0.3 is 19.8 Å². The first kappa shape index (κ1) is 28.8. The molecule has 1 saturated heterocycles. The average Bonchev–Trinajstić information content (AvgIpc) is 3.73. The molecule has 0 aliphatic carbocycles. The van der Waals surface area contributed by atoms with Crippen molar-refractivity contribution in [3.8, 4) is 17.3 Å². The third-order valence-electron chi connectivity index (χ3n) is 6.56. The number of rotatable bonds is 8. The van der Waals surface area contributed by atoms with Gasteiger partial charge in [0.05, 0.1) is 18.6 Å². The lowest BCUT2D eigenvalue weighted by atomic mass is 10.2. The summed E-state index contributed by atoms with van der Waals surface area (Å²) in [6.45, 7) is 7.55. The Morgan fingerprint density at radius 2 is 1.88 bits per heavy atom. The number of piperazine rings is 1. The van der Waals surface area contributed by atoms with Gasteiger partial charge in [0.2, 0.25) is 11.8 Å². The Bertz CT molecular complexity index is 1690. The maximum Gasteiger partial charge on any atom is 0.309 e. The van der Waals surface area contributed by atoms with E-state index in [0.717, 1.165) is 17.4 Å². The van der Waals surface area contributed by atoms with Gasteiger partial charge in [0.25, 0.3) is 0 Å². The summed E-state index contributed by atoms with van der Waals surface area (Å²) >= 11 is 5.11. The number of ether oxygens (including phenoxy) is 1. The van der Waals surface area contributed by atoms with Crippen LogP contribution in [0.4, 0.5) is 20.4 Å². The molecule has 0 bridgehead atoms. The first-order chi connectivity index (χ1) is 19.9. The van der Waals surface area contributed by atoms with Crippen LogP contribution in [0.5, 0.6) is 5.75 Å². The summed E-state index contributed by atoms with van der Waals surface area (Å²) in [4.78, 5) is 25.8. The van der Waals surface area contributed by atoms with Crippen LogP contribution >= 0.6 is 24.0 Å². The highest BCUT2D eigenvalue weighted by molar-refractivity contribution is 7.80. The largest absolute Gasteiger partial charge is 0.490 e. The smallest absolute Gasteiger partial charge is 0.309 e. The highest BCUT2D eigenvalue weighted by Gasteiger charge is 2.23. The molecule has 0 radical (unpaired) electrons. The zero-order valence-electron chi connectivity index (χ0n) is 22.6. The monoisotopic (exact) mass is 604 g/mol. The van der Waals surface area contributed by atoms with Crippen LogP contribution < -0.4 is 20.2 Å². The Hall–Kier alpha value is -3.69. The van der Waals surface area contributed by atoms with Crippen molar-refractivity contribution in [2.24, 2.45) is 0 Å². The van der Waals surface area contributed by atoms with E-state index in [9.17, 15) is 13.6 Å². The Morgan fingerprint density at radius 3 is 2.59 bits per heavy atom. The van der Waals surface area contributed by atoms with Gasteiger partial charge >= 0.3 is 4.87 Å². The minimum absolute atomic E-state index is 0.0106. The van der Waals surface area contributed by atoms with E-state index in [-0.39, 0.29) is 23.2 Å². The lowest BCUT2D eigenvalue weighted by Crippen LogP contribution is -2.47. The van der Waals surface area contributed by atoms with Crippen LogP contribution in [0.15, 0.2) is 39.7 Å². The first-order valence-corrected chi connectivity index (χ1v) is 14.7. The molecule has 0 spiro atoms. The van der Waals surface area contributed by atoms with Crippen molar-refractivity contribution >= 4 is 51.6 Å². The Morgan fingerprint density at radius 1 is 1.10 bits per heavy atom. The predicted octanol–water partition coefficient (Wildman–Crippen LogP) is 3.78. The number of halogens is 2. The third kappa shape index (κ3) is 5.74. The van der Waals surface area contributed by atoms with Gasteiger partial charge in [0.1, 0.15) is 10.5 Å². The minimum atomic E-state index is -0.736. The highest BCUT2D eigenvalue weighted by Crippen LogP contribution is 2.29. The number of nitrogens with zero attached hydrogens (tertiary/aromatic N) is 7. The van der Waals surface area contributed by atoms with Crippen LogP contribution in [-0.2, 0) is 6.54 Å². The van der Waals surface area contributed by atoms with Crippen molar-refractivity contribution < 1.29 is 17.9 Å². The number of furan rings is 1. The molecular weight excluding hydrogens is 574 g/mol. The molecule has 5 aromatic rings. The van der Waals surface area contributed by atoms with E-state index in [0.29, 0.717) is 78.3 Å². The quantitative estimate of drug-likeness (QED) is 0.255. The van der Waals surface area contributed by atoms with E-state index in [1.54, 1.807) is 16.7 Å². The predicted molar refractivity (Wildman–Crippen MR) is 158 cm³/mol. The topological polar surface area (TPSA) is 120 Å². The van der Waals surface area contributed by atoms with Crippen molar-refractivity contribution in [2.75, 3.05) is 55.7 Å². The van der Waals surface area contributed by atoms with Gasteiger partial charge in [-0.25, -0.2) is 13.8 Å². The van der Waals surface area contributed by atoms with E-state index in [4.69, 9.17) is 14.9 Å². The number of benzene rings is 1. The molecule has 1 aliphatic rings. The van der Waals surface area contributed by atoms with E-state index in [1.807, 2.05) is 18.7 Å². The lowest BCUT2D eigenvalue weighted by molar-refractivity contribution is 0.247. The number of aromatic nitrogens is 5. The summed E-state index contributed by atoms with van der Waals surface area (Å²) in [6, 6.07) is 5.73. The molecule has 218 valence electrons. The number of thiol groups is 1. The Labute approximate surface area is 243 Å². The van der Waals surface area contributed by atoms with Crippen molar-refractivity contribution in [1.82, 2.24) is 29.0 Å². The second-order valence-corrected chi connectivity index (χ2v) is 10.3. The van der Waals surface area contributed by atoms with Gasteiger partial charge in [-0.05, 0) is 12.1 Å². The van der Waals surface area contributed by atoms with Gasteiger partial charge in [-0.3, -0.25) is 14.3 Å². The molecule has 1 fully saturated rings. The number of nitrogen functional groups attached to an aromatic ring is 1. The van der Waals surface area contributed by atoms with E-state index < -0.39 is 11.6 Å². The maximum absolute atomic E-state index is 14.5. The molecular formula is C26H30F2N8O3S2. The zero-order valence-corrected chi connectivity index (χ0v) is 24.3. The van der Waals surface area contributed by atoms with Crippen LogP contribution in [0, 0.1) is 11.6 Å². The van der Waals surface area contributed by atoms with E-state index in [1.165, 1.54) is 16.8 Å². The molecule has 11 nitrogen and oxygen atoms in total. The van der Waals surface area contributed by atoms with Crippen LogP contribution in [0.1, 0.15) is 13.8 Å². The summed E-state index contributed by atoms with van der Waals surface area (Å²) in [5.74, 6) is 0.0153. The van der Waals surface area contributed by atoms with Crippen LogP contribution in [0.3, 0.4) is 0 Å². The SMILES string of the molecule is CC.Nc1nc2c(sc(=O)n2CCN2CCN(c3cc(OCCS)c(F)cc3F)CC2)c2nc(-c3ccco3)nn12. The molecule has 0 unspecified atom stereocenters. The highest BCUT2D eigenvalue weighted by atomic mass is 32.1. The molecule has 1 aromatic carbocycles. The van der Waals surface area contributed by atoms with Crippen LogP contribution in [-0.4, -0.2) is 74.1 Å². The fraction of sp³-hybridized carbons (Fsp3) is 0.385. The minimum Gasteiger partial charge on any atom is -0.490 e. The summed E-state index contributed by atoms with van der Waals surface area (Å²) in [5, 5.41) is 4.37. The Balaban J connectivity index is 0.00000165. The fourth-order valence-corrected chi connectivity index (χ4v) is 5.64. The molecule has 41 heavy (non-hydrogen) atoms. The summed E-state index contributed by atoms with van der Waals surface area (Å²) in [5.41, 5.74) is 7.36. The van der Waals surface area contributed by atoms with Crippen molar-refractivity contribution in [3.63, 3.8) is 0 Å². The third-order valence-corrected chi connectivity index (χ3v) is 7.71. The maximum atomic E-state index is 14.5. The van der Waals surface area contributed by atoms with Crippen LogP contribution in [0.2, 0.25) is 0 Å². The number of anilines is 2. The van der Waals surface area contributed by atoms with Gasteiger partial charge in [0, 0.05) is 57.2 Å². The molecule has 1 aliphatic heterocycles. The molecule has 0 saturated carbocycles. The molecule has 0 atom stereocenters. The van der Waals surface area contributed by atoms with E-state index in [2.05, 4.69) is 32.6 Å². The number of nitrogens with two attached hydrogens (primary N) is 1. The summed E-state index contributed by atoms with van der Waals surface area (Å²) in [6.07, 6.45) is 1.53. The normalized spacial score (nSPS) is 14.0. The molecule has 6 rings (SSSR count). The standard InChI is InChI=1S/C24H24F2N8O3S2.C2H6/c25-14-12-15(26)18(37-10-11-38)13-16(14)32-6-3-31(4-7-32)5-8-33-21-19(39-24(33)35)22-28-20(17-2-1-9-36-17)30-34(22)23(27)29-21;1-2/h1-2,9,12-13,38H,3-8,10-11H2,(H2,27,29);1-2H3. The van der Waals surface area contributed by atoms with Crippen molar-refractivity contribution in [2.45, 2.75) is 20.4 Å². The van der Waals surface area contributed by atoms with Gasteiger partial charge in [-0.1, -0.05) is 25.2 Å². The van der Waals surface area contributed by atoms with E-state index >= 15 is 0 Å². The van der Waals surface area contributed by atoms with Crippen LogP contribution in [0.25, 0.3) is 27.6 Å². The number of hydrogen-bond acceptors (Lipinski definition) is 11. The molecule has 4 aromatic heterocycles. The Kier molecular flexibility index (Phi) is 8.75. The van der Waals surface area contributed by atoms with Gasteiger partial charge in [-0.2, -0.15) is 22.1 Å². The molecule has 0 amide bonds. The number of thiazole rings is 1. The number of hydrogen-bond donors (Lipinski definition) is 2.